The number of hydrogen-bond acceptors (Lipinski definition) is 3. The molecule has 1 N–H and O–H groups in total. The number of imide groups is 1. The van der Waals surface area contributed by atoms with Crippen molar-refractivity contribution < 1.29 is 18.8 Å². The van der Waals surface area contributed by atoms with Crippen LogP contribution >= 0.6 is 11.6 Å². The minimum atomic E-state index is -0.570. The first-order chi connectivity index (χ1) is 11.5. The maximum absolute atomic E-state index is 13.1. The molecule has 0 radical (unpaired) electrons. The Kier molecular flexibility index (Phi) is 4.66. The Balaban J connectivity index is 1.57. The van der Waals surface area contributed by atoms with E-state index in [1.165, 1.54) is 17.0 Å². The molecule has 3 amide bonds. The lowest BCUT2D eigenvalue weighted by Gasteiger charge is -2.14. The van der Waals surface area contributed by atoms with Gasteiger partial charge in [-0.15, -0.1) is 0 Å². The highest BCUT2D eigenvalue weighted by molar-refractivity contribution is 6.31. The summed E-state index contributed by atoms with van der Waals surface area (Å²) in [6.45, 7) is 0.0471. The monoisotopic (exact) mass is 350 g/mol. The van der Waals surface area contributed by atoms with Crippen LogP contribution in [-0.4, -0.2) is 29.2 Å². The van der Waals surface area contributed by atoms with Crippen molar-refractivity contribution >= 4 is 35.0 Å². The van der Waals surface area contributed by atoms with E-state index in [0.29, 0.717) is 18.5 Å². The first kappa shape index (κ1) is 16.6. The molecule has 7 heteroatoms. The average molecular weight is 351 g/mol. The van der Waals surface area contributed by atoms with Gasteiger partial charge in [0.2, 0.25) is 17.7 Å². The van der Waals surface area contributed by atoms with Gasteiger partial charge in [-0.05, 0) is 31.0 Å². The van der Waals surface area contributed by atoms with E-state index in [0.717, 1.165) is 6.07 Å². The Morgan fingerprint density at radius 2 is 1.83 bits per heavy atom. The number of fused-ring (bicyclic) bond motifs is 1. The van der Waals surface area contributed by atoms with Crippen molar-refractivity contribution in [2.45, 2.75) is 19.3 Å². The lowest BCUT2D eigenvalue weighted by Crippen LogP contribution is -2.34. The zero-order valence-electron chi connectivity index (χ0n) is 12.8. The summed E-state index contributed by atoms with van der Waals surface area (Å²) >= 11 is 5.66. The fraction of sp³-hybridized carbons (Fsp3) is 0.353. The molecule has 2 aliphatic rings. The summed E-state index contributed by atoms with van der Waals surface area (Å²) in [6, 6.07) is 3.86. The minimum Gasteiger partial charge on any atom is -0.326 e. The third-order valence-electron chi connectivity index (χ3n) is 4.36. The van der Waals surface area contributed by atoms with Crippen LogP contribution in [0.5, 0.6) is 0 Å². The van der Waals surface area contributed by atoms with E-state index in [-0.39, 0.29) is 47.5 Å². The summed E-state index contributed by atoms with van der Waals surface area (Å²) in [5, 5.41) is 2.49. The molecule has 1 aliphatic carbocycles. The highest BCUT2D eigenvalue weighted by Crippen LogP contribution is 2.35. The van der Waals surface area contributed by atoms with Crippen molar-refractivity contribution in [1.29, 1.82) is 0 Å². The van der Waals surface area contributed by atoms with Crippen molar-refractivity contribution in [3.63, 3.8) is 0 Å². The van der Waals surface area contributed by atoms with Gasteiger partial charge in [0.05, 0.1) is 16.9 Å². The largest absolute Gasteiger partial charge is 0.326 e. The lowest BCUT2D eigenvalue weighted by molar-refractivity contribution is -0.140. The van der Waals surface area contributed by atoms with Gasteiger partial charge >= 0.3 is 0 Å². The maximum Gasteiger partial charge on any atom is 0.233 e. The van der Waals surface area contributed by atoms with Crippen LogP contribution in [0.3, 0.4) is 0 Å². The molecule has 0 spiro atoms. The van der Waals surface area contributed by atoms with E-state index >= 15 is 0 Å². The molecule has 5 nitrogen and oxygen atoms in total. The van der Waals surface area contributed by atoms with Crippen LogP contribution in [0.1, 0.15) is 19.3 Å². The van der Waals surface area contributed by atoms with Crippen LogP contribution in [0, 0.1) is 17.7 Å². The molecule has 1 aromatic carbocycles. The second-order valence-corrected chi connectivity index (χ2v) is 6.32. The number of carbonyl (C=O) groups is 3. The molecule has 2 atom stereocenters. The fourth-order valence-corrected chi connectivity index (χ4v) is 3.28. The van der Waals surface area contributed by atoms with Gasteiger partial charge in [-0.25, -0.2) is 4.39 Å². The van der Waals surface area contributed by atoms with E-state index in [2.05, 4.69) is 5.32 Å². The highest BCUT2D eigenvalue weighted by Gasteiger charge is 2.46. The Bertz CT molecular complexity index is 709. The number of likely N-dealkylation sites (tertiary alicyclic amines) is 1. The molecule has 1 heterocycles. The molecule has 3 rings (SSSR count). The molecule has 0 saturated carbocycles. The molecule has 24 heavy (non-hydrogen) atoms. The molecular formula is C17H16ClFN2O3. The van der Waals surface area contributed by atoms with Crippen molar-refractivity contribution in [3.05, 3.63) is 41.2 Å². The molecule has 1 aliphatic heterocycles. The van der Waals surface area contributed by atoms with Gasteiger partial charge in [0.15, 0.2) is 0 Å². The fourth-order valence-electron chi connectivity index (χ4n) is 3.10. The van der Waals surface area contributed by atoms with Crippen LogP contribution in [0.4, 0.5) is 10.1 Å². The molecule has 1 fully saturated rings. The number of carbonyl (C=O) groups excluding carboxylic acids is 3. The number of amides is 3. The molecular weight excluding hydrogens is 335 g/mol. The normalized spacial score (nSPS) is 22.7. The zero-order chi connectivity index (χ0) is 17.3. The van der Waals surface area contributed by atoms with Gasteiger partial charge in [-0.2, -0.15) is 0 Å². The van der Waals surface area contributed by atoms with Crippen molar-refractivity contribution in [2.75, 3.05) is 11.9 Å². The van der Waals surface area contributed by atoms with E-state index in [4.69, 9.17) is 11.6 Å². The third-order valence-corrected chi connectivity index (χ3v) is 4.65. The zero-order valence-corrected chi connectivity index (χ0v) is 13.6. The number of rotatable bonds is 4. The summed E-state index contributed by atoms with van der Waals surface area (Å²) in [7, 11) is 0. The van der Waals surface area contributed by atoms with E-state index in [1.54, 1.807) is 0 Å². The topological polar surface area (TPSA) is 66.5 Å². The number of hydrogen-bond donors (Lipinski definition) is 1. The van der Waals surface area contributed by atoms with E-state index < -0.39 is 5.82 Å². The second kappa shape index (κ2) is 6.73. The number of anilines is 1. The number of halogens is 2. The van der Waals surface area contributed by atoms with Gasteiger partial charge in [0.25, 0.3) is 0 Å². The van der Waals surface area contributed by atoms with Gasteiger partial charge in [0.1, 0.15) is 5.82 Å². The average Bonchev–Trinajstić information content (AvgIpc) is 2.81. The SMILES string of the molecule is O=C(CCN1C(=O)[C@@H]2CC=CC[C@H]2C1=O)Nc1ccc(F)c(Cl)c1. The standard InChI is InChI=1S/C17H16ClFN2O3/c18-13-9-10(5-6-14(13)19)20-15(22)7-8-21-16(23)11-3-1-2-4-12(11)17(21)24/h1-2,5-6,9,11-12H,3-4,7-8H2,(H,20,22)/t11-,12-/m1/s1. The first-order valence-electron chi connectivity index (χ1n) is 7.72. The third kappa shape index (κ3) is 3.19. The Morgan fingerprint density at radius 1 is 1.21 bits per heavy atom. The molecule has 1 saturated heterocycles. The predicted octanol–water partition coefficient (Wildman–Crippen LogP) is 2.76. The number of allylic oxidation sites excluding steroid dienone is 2. The van der Waals surface area contributed by atoms with E-state index in [1.807, 2.05) is 12.2 Å². The first-order valence-corrected chi connectivity index (χ1v) is 8.10. The van der Waals surface area contributed by atoms with Gasteiger partial charge < -0.3 is 5.32 Å². The Hall–Kier alpha value is -2.21. The molecule has 1 aromatic rings. The maximum atomic E-state index is 13.1. The smallest absolute Gasteiger partial charge is 0.233 e. The van der Waals surface area contributed by atoms with Crippen LogP contribution in [0.2, 0.25) is 5.02 Å². The number of benzene rings is 1. The quantitative estimate of drug-likeness (QED) is 0.670. The summed E-state index contributed by atoms with van der Waals surface area (Å²) < 4.78 is 13.1. The van der Waals surface area contributed by atoms with Gasteiger partial charge in [-0.3, -0.25) is 19.3 Å². The summed E-state index contributed by atoms with van der Waals surface area (Å²) in [4.78, 5) is 37.7. The number of nitrogens with zero attached hydrogens (tertiary/aromatic N) is 1. The lowest BCUT2D eigenvalue weighted by atomic mass is 9.85. The molecule has 126 valence electrons. The highest BCUT2D eigenvalue weighted by atomic mass is 35.5. The van der Waals surface area contributed by atoms with Crippen LogP contribution in [0.25, 0.3) is 0 Å². The van der Waals surface area contributed by atoms with Gasteiger partial charge in [-0.1, -0.05) is 23.8 Å². The second-order valence-electron chi connectivity index (χ2n) is 5.91. The summed E-state index contributed by atoms with van der Waals surface area (Å²) in [5.41, 5.74) is 0.364. The number of nitrogens with one attached hydrogen (secondary N) is 1. The summed E-state index contributed by atoms with van der Waals surface area (Å²) in [6.07, 6.45) is 4.97. The molecule has 0 aromatic heterocycles. The van der Waals surface area contributed by atoms with Crippen molar-refractivity contribution in [2.24, 2.45) is 11.8 Å². The Labute approximate surface area is 143 Å². The Morgan fingerprint density at radius 3 is 2.42 bits per heavy atom. The molecule has 0 unspecified atom stereocenters. The van der Waals surface area contributed by atoms with Crippen LogP contribution in [-0.2, 0) is 14.4 Å². The van der Waals surface area contributed by atoms with E-state index in [9.17, 15) is 18.8 Å². The minimum absolute atomic E-state index is 0.0145. The van der Waals surface area contributed by atoms with Crippen LogP contribution in [0.15, 0.2) is 30.4 Å². The molecule has 0 bridgehead atoms. The predicted molar refractivity (Wildman–Crippen MR) is 86.7 cm³/mol. The van der Waals surface area contributed by atoms with Crippen molar-refractivity contribution in [1.82, 2.24) is 4.90 Å². The summed E-state index contributed by atoms with van der Waals surface area (Å²) in [5.74, 6) is -1.92. The van der Waals surface area contributed by atoms with Crippen molar-refractivity contribution in [3.8, 4) is 0 Å². The van der Waals surface area contributed by atoms with Gasteiger partial charge in [0, 0.05) is 18.7 Å². The van der Waals surface area contributed by atoms with Crippen LogP contribution < -0.4 is 5.32 Å².